The van der Waals surface area contributed by atoms with E-state index in [1.807, 2.05) is 30.5 Å². The summed E-state index contributed by atoms with van der Waals surface area (Å²) in [4.78, 5) is 51.3. The fourth-order valence-corrected chi connectivity index (χ4v) is 3.69. The van der Waals surface area contributed by atoms with E-state index in [9.17, 15) is 24.3 Å². The summed E-state index contributed by atoms with van der Waals surface area (Å²) < 4.78 is 0. The predicted octanol–water partition coefficient (Wildman–Crippen LogP) is 0.111. The van der Waals surface area contributed by atoms with E-state index in [-0.39, 0.29) is 19.3 Å². The molecule has 10 nitrogen and oxygen atoms in total. The van der Waals surface area contributed by atoms with Crippen LogP contribution >= 0.6 is 11.8 Å². The number of amides is 3. The van der Waals surface area contributed by atoms with Crippen LogP contribution in [-0.4, -0.2) is 63.9 Å². The van der Waals surface area contributed by atoms with Gasteiger partial charge in [-0.15, -0.1) is 0 Å². The molecule has 3 atom stereocenters. The Balaban J connectivity index is 2.12. The van der Waals surface area contributed by atoms with Crippen molar-refractivity contribution in [1.82, 2.24) is 15.6 Å². The molecule has 0 bridgehead atoms. The molecule has 0 unspecified atom stereocenters. The van der Waals surface area contributed by atoms with E-state index in [0.29, 0.717) is 12.2 Å². The summed E-state index contributed by atoms with van der Waals surface area (Å²) in [6.07, 6.45) is 3.81. The summed E-state index contributed by atoms with van der Waals surface area (Å²) in [5, 5.41) is 15.5. The van der Waals surface area contributed by atoms with Gasteiger partial charge in [0.1, 0.15) is 12.1 Å². The van der Waals surface area contributed by atoms with Gasteiger partial charge in [0.05, 0.1) is 6.04 Å². The van der Waals surface area contributed by atoms with Gasteiger partial charge in [-0.25, -0.2) is 4.79 Å². The molecule has 174 valence electrons. The van der Waals surface area contributed by atoms with Gasteiger partial charge in [-0.1, -0.05) is 18.2 Å². The van der Waals surface area contributed by atoms with E-state index < -0.39 is 41.8 Å². The molecule has 32 heavy (non-hydrogen) atoms. The van der Waals surface area contributed by atoms with Crippen LogP contribution in [0.25, 0.3) is 10.9 Å². The summed E-state index contributed by atoms with van der Waals surface area (Å²) in [6.45, 7) is 0. The molecule has 0 saturated carbocycles. The third-order valence-electron chi connectivity index (χ3n) is 5.00. The first-order valence-electron chi connectivity index (χ1n) is 10.1. The van der Waals surface area contributed by atoms with Gasteiger partial charge < -0.3 is 32.2 Å². The van der Waals surface area contributed by atoms with E-state index in [1.54, 1.807) is 6.20 Å². The van der Waals surface area contributed by atoms with Crippen LogP contribution in [0.2, 0.25) is 0 Å². The number of primary amides is 1. The molecule has 3 amide bonds. The number of para-hydroxylation sites is 1. The number of carbonyl (C=O) groups is 4. The topological polar surface area (TPSA) is 180 Å². The molecule has 2 aromatic rings. The first-order valence-corrected chi connectivity index (χ1v) is 11.5. The molecular weight excluding hydrogens is 434 g/mol. The van der Waals surface area contributed by atoms with Crippen molar-refractivity contribution in [1.29, 1.82) is 0 Å². The summed E-state index contributed by atoms with van der Waals surface area (Å²) in [6, 6.07) is 4.21. The molecule has 0 aliphatic rings. The number of carboxylic acids is 1. The highest BCUT2D eigenvalue weighted by atomic mass is 32.2. The fourth-order valence-electron chi connectivity index (χ4n) is 3.20. The van der Waals surface area contributed by atoms with E-state index in [2.05, 4.69) is 15.6 Å². The second kappa shape index (κ2) is 12.1. The normalized spacial score (nSPS) is 13.8. The first-order chi connectivity index (χ1) is 15.2. The minimum Gasteiger partial charge on any atom is -0.480 e. The summed E-state index contributed by atoms with van der Waals surface area (Å²) in [5.41, 5.74) is 12.6. The highest BCUT2D eigenvalue weighted by molar-refractivity contribution is 7.98. The molecule has 8 N–H and O–H groups in total. The lowest BCUT2D eigenvalue weighted by Gasteiger charge is -2.22. The maximum absolute atomic E-state index is 12.8. The molecule has 1 heterocycles. The molecule has 0 radical (unpaired) electrons. The van der Waals surface area contributed by atoms with Crippen LogP contribution < -0.4 is 22.1 Å². The van der Waals surface area contributed by atoms with E-state index in [4.69, 9.17) is 11.5 Å². The zero-order chi connectivity index (χ0) is 23.7. The van der Waals surface area contributed by atoms with Crippen molar-refractivity contribution < 1.29 is 24.3 Å². The predicted molar refractivity (Wildman–Crippen MR) is 123 cm³/mol. The van der Waals surface area contributed by atoms with Crippen LogP contribution in [0, 0.1) is 0 Å². The number of hydrogen-bond donors (Lipinski definition) is 6. The molecule has 1 aromatic heterocycles. The Morgan fingerprint density at radius 2 is 1.78 bits per heavy atom. The van der Waals surface area contributed by atoms with Gasteiger partial charge in [0.25, 0.3) is 0 Å². The van der Waals surface area contributed by atoms with Gasteiger partial charge in [-0.3, -0.25) is 14.4 Å². The quantitative estimate of drug-likeness (QED) is 0.244. The van der Waals surface area contributed by atoms with Crippen LogP contribution in [0.15, 0.2) is 30.5 Å². The first kappa shape index (κ1) is 25.2. The summed E-state index contributed by atoms with van der Waals surface area (Å²) >= 11 is 1.53. The molecule has 11 heteroatoms. The second-order valence-electron chi connectivity index (χ2n) is 7.42. The highest BCUT2D eigenvalue weighted by Gasteiger charge is 2.28. The lowest BCUT2D eigenvalue weighted by molar-refractivity contribution is -0.142. The SMILES string of the molecule is CSCC[C@H](N)C(=O)N[C@@H](CCC(N)=O)C(=O)N[C@@H](Cc1c[nH]c2ccccc12)C(=O)O. The number of nitrogens with two attached hydrogens (primary N) is 2. The van der Waals surface area contributed by atoms with Gasteiger partial charge in [-0.05, 0) is 36.5 Å². The van der Waals surface area contributed by atoms with Crippen molar-refractivity contribution in [2.24, 2.45) is 11.5 Å². The van der Waals surface area contributed by atoms with Gasteiger partial charge in [0.2, 0.25) is 17.7 Å². The highest BCUT2D eigenvalue weighted by Crippen LogP contribution is 2.19. The van der Waals surface area contributed by atoms with Crippen molar-refractivity contribution in [2.75, 3.05) is 12.0 Å². The van der Waals surface area contributed by atoms with Gasteiger partial charge >= 0.3 is 5.97 Å². The summed E-state index contributed by atoms with van der Waals surface area (Å²) in [7, 11) is 0. The molecule has 1 aromatic carbocycles. The largest absolute Gasteiger partial charge is 0.480 e. The number of aromatic nitrogens is 1. The zero-order valence-corrected chi connectivity index (χ0v) is 18.6. The Morgan fingerprint density at radius 3 is 2.44 bits per heavy atom. The standard InChI is InChI=1S/C21H29N5O5S/c1-32-9-8-14(22)19(28)25-16(6-7-18(23)27)20(29)26-17(21(30)31)10-12-11-24-15-5-3-2-4-13(12)15/h2-5,11,14,16-17,24H,6-10,22H2,1H3,(H2,23,27)(H,25,28)(H,26,29)(H,30,31)/t14-,16-,17-/m0/s1. The summed E-state index contributed by atoms with van der Waals surface area (Å²) in [5.74, 6) is -2.47. The third kappa shape index (κ3) is 7.27. The Hall–Kier alpha value is -3.05. The maximum atomic E-state index is 12.8. The number of thioether (sulfide) groups is 1. The minimum atomic E-state index is -1.24. The molecule has 0 aliphatic heterocycles. The number of aromatic amines is 1. The number of nitrogens with one attached hydrogen (secondary N) is 3. The van der Waals surface area contributed by atoms with Crippen LogP contribution in [0.5, 0.6) is 0 Å². The van der Waals surface area contributed by atoms with Crippen molar-refractivity contribution in [3.05, 3.63) is 36.0 Å². The fraction of sp³-hybridized carbons (Fsp3) is 0.429. The smallest absolute Gasteiger partial charge is 0.326 e. The zero-order valence-electron chi connectivity index (χ0n) is 17.8. The number of H-pyrrole nitrogens is 1. The van der Waals surface area contributed by atoms with Gasteiger partial charge in [0.15, 0.2) is 0 Å². The Kier molecular flexibility index (Phi) is 9.54. The van der Waals surface area contributed by atoms with E-state index >= 15 is 0 Å². The minimum absolute atomic E-state index is 0.0365. The number of carbonyl (C=O) groups excluding carboxylic acids is 3. The molecule has 2 rings (SSSR count). The second-order valence-corrected chi connectivity index (χ2v) is 8.40. The number of rotatable bonds is 13. The number of hydrogen-bond acceptors (Lipinski definition) is 6. The molecular formula is C21H29N5O5S. The lowest BCUT2D eigenvalue weighted by Crippen LogP contribution is -2.55. The molecule has 0 spiro atoms. The lowest BCUT2D eigenvalue weighted by atomic mass is 10.0. The van der Waals surface area contributed by atoms with Crippen LogP contribution in [-0.2, 0) is 25.6 Å². The van der Waals surface area contributed by atoms with E-state index in [1.165, 1.54) is 11.8 Å². The number of carboxylic acid groups (broad SMARTS) is 1. The maximum Gasteiger partial charge on any atom is 0.326 e. The molecule has 0 saturated heterocycles. The Bertz CT molecular complexity index is 963. The van der Waals surface area contributed by atoms with Crippen LogP contribution in [0.3, 0.4) is 0 Å². The Morgan fingerprint density at radius 1 is 1.09 bits per heavy atom. The van der Waals surface area contributed by atoms with Gasteiger partial charge in [0, 0.05) is 29.9 Å². The third-order valence-corrected chi connectivity index (χ3v) is 5.64. The van der Waals surface area contributed by atoms with Crippen molar-refractivity contribution >= 4 is 46.4 Å². The van der Waals surface area contributed by atoms with Gasteiger partial charge in [-0.2, -0.15) is 11.8 Å². The Labute approximate surface area is 189 Å². The monoisotopic (exact) mass is 463 g/mol. The number of fused-ring (bicyclic) bond motifs is 1. The van der Waals surface area contributed by atoms with Crippen molar-refractivity contribution in [3.8, 4) is 0 Å². The van der Waals surface area contributed by atoms with Crippen molar-refractivity contribution in [3.63, 3.8) is 0 Å². The van der Waals surface area contributed by atoms with E-state index in [0.717, 1.165) is 16.5 Å². The number of aliphatic carboxylic acids is 1. The molecule has 0 aliphatic carbocycles. The molecule has 0 fully saturated rings. The van der Waals surface area contributed by atoms with Crippen LogP contribution in [0.1, 0.15) is 24.8 Å². The number of benzene rings is 1. The average Bonchev–Trinajstić information content (AvgIpc) is 3.16. The van der Waals surface area contributed by atoms with Crippen LogP contribution in [0.4, 0.5) is 0 Å². The van der Waals surface area contributed by atoms with Crippen molar-refractivity contribution in [2.45, 2.75) is 43.8 Å². The average molecular weight is 464 g/mol.